The van der Waals surface area contributed by atoms with Crippen LogP contribution >= 0.6 is 11.6 Å². The highest BCUT2D eigenvalue weighted by atomic mass is 35.5. The summed E-state index contributed by atoms with van der Waals surface area (Å²) in [4.78, 5) is 0. The van der Waals surface area contributed by atoms with Gasteiger partial charge in [0.15, 0.2) is 0 Å². The Bertz CT molecular complexity index is 527. The van der Waals surface area contributed by atoms with Gasteiger partial charge in [0.25, 0.3) is 0 Å². The van der Waals surface area contributed by atoms with E-state index in [0.717, 1.165) is 37.1 Å². The van der Waals surface area contributed by atoms with Crippen molar-refractivity contribution >= 4 is 11.6 Å². The van der Waals surface area contributed by atoms with Crippen LogP contribution in [-0.4, -0.2) is 12.6 Å². The van der Waals surface area contributed by atoms with E-state index in [1.54, 1.807) is 12.3 Å². The molecule has 4 heteroatoms. The zero-order valence-corrected chi connectivity index (χ0v) is 12.3. The van der Waals surface area contributed by atoms with Gasteiger partial charge in [0, 0.05) is 17.5 Å². The smallest absolute Gasteiger partial charge is 0.124 e. The van der Waals surface area contributed by atoms with Gasteiger partial charge in [-0.25, -0.2) is 4.39 Å². The molecule has 0 saturated carbocycles. The van der Waals surface area contributed by atoms with E-state index in [0.29, 0.717) is 5.02 Å². The molecule has 0 fully saturated rings. The number of halogens is 2. The Morgan fingerprint density at radius 1 is 1.30 bits per heavy atom. The molecule has 0 aliphatic heterocycles. The Balaban J connectivity index is 2.06. The van der Waals surface area contributed by atoms with Crippen LogP contribution in [0.2, 0.25) is 5.02 Å². The second-order valence-electron chi connectivity index (χ2n) is 4.87. The average molecular weight is 296 g/mol. The lowest BCUT2D eigenvalue weighted by molar-refractivity contribution is 0.438. The summed E-state index contributed by atoms with van der Waals surface area (Å²) >= 11 is 6.10. The van der Waals surface area contributed by atoms with Crippen LogP contribution in [0.4, 0.5) is 4.39 Å². The standard InChI is InChI=1S/C16H19ClFNO/c1-2-7-19-14(11-15-4-3-8-20-15)9-12-5-6-13(18)10-16(12)17/h3-6,8,10,14,19H,2,7,9,11H2,1H3. The zero-order chi connectivity index (χ0) is 14.4. The van der Waals surface area contributed by atoms with Crippen molar-refractivity contribution in [2.45, 2.75) is 32.2 Å². The van der Waals surface area contributed by atoms with Crippen LogP contribution in [0.3, 0.4) is 0 Å². The molecule has 0 radical (unpaired) electrons. The van der Waals surface area contributed by atoms with E-state index in [1.165, 1.54) is 12.1 Å². The predicted molar refractivity (Wildman–Crippen MR) is 79.6 cm³/mol. The molecule has 108 valence electrons. The maximum atomic E-state index is 13.1. The fraction of sp³-hybridized carbons (Fsp3) is 0.375. The zero-order valence-electron chi connectivity index (χ0n) is 11.5. The van der Waals surface area contributed by atoms with Crippen molar-refractivity contribution in [1.29, 1.82) is 0 Å². The van der Waals surface area contributed by atoms with Crippen molar-refractivity contribution in [2.75, 3.05) is 6.54 Å². The topological polar surface area (TPSA) is 25.2 Å². The molecule has 2 nitrogen and oxygen atoms in total. The fourth-order valence-electron chi connectivity index (χ4n) is 2.19. The van der Waals surface area contributed by atoms with Crippen molar-refractivity contribution in [3.8, 4) is 0 Å². The molecule has 2 rings (SSSR count). The molecule has 0 aliphatic carbocycles. The van der Waals surface area contributed by atoms with Crippen molar-refractivity contribution in [3.05, 3.63) is 58.8 Å². The van der Waals surface area contributed by atoms with Gasteiger partial charge in [0.1, 0.15) is 11.6 Å². The highest BCUT2D eigenvalue weighted by Crippen LogP contribution is 2.20. The van der Waals surface area contributed by atoms with Crippen molar-refractivity contribution in [1.82, 2.24) is 5.32 Å². The minimum Gasteiger partial charge on any atom is -0.469 e. The normalized spacial score (nSPS) is 12.6. The van der Waals surface area contributed by atoms with Crippen LogP contribution in [0.5, 0.6) is 0 Å². The van der Waals surface area contributed by atoms with Crippen molar-refractivity contribution < 1.29 is 8.81 Å². The summed E-state index contributed by atoms with van der Waals surface area (Å²) < 4.78 is 18.5. The molecule has 2 aromatic rings. The number of nitrogens with one attached hydrogen (secondary N) is 1. The average Bonchev–Trinajstić information content (AvgIpc) is 2.92. The number of furan rings is 1. The monoisotopic (exact) mass is 295 g/mol. The predicted octanol–water partition coefficient (Wildman–Crippen LogP) is 4.23. The molecular formula is C16H19ClFNO. The first-order valence-electron chi connectivity index (χ1n) is 6.88. The summed E-state index contributed by atoms with van der Waals surface area (Å²) in [5.74, 6) is 0.639. The first-order chi connectivity index (χ1) is 9.69. The third-order valence-corrected chi connectivity index (χ3v) is 3.54. The Labute approximate surface area is 123 Å². The quantitative estimate of drug-likeness (QED) is 0.827. The molecule has 1 aromatic heterocycles. The SMILES string of the molecule is CCCNC(Cc1ccco1)Cc1ccc(F)cc1Cl. The summed E-state index contributed by atoms with van der Waals surface area (Å²) in [5, 5.41) is 3.97. The van der Waals surface area contributed by atoms with Gasteiger partial charge in [-0.05, 0) is 49.2 Å². The van der Waals surface area contributed by atoms with Crippen molar-refractivity contribution in [2.24, 2.45) is 0 Å². The van der Waals surface area contributed by atoms with E-state index in [1.807, 2.05) is 12.1 Å². The summed E-state index contributed by atoms with van der Waals surface area (Å²) in [6, 6.07) is 8.64. The van der Waals surface area contributed by atoms with E-state index in [-0.39, 0.29) is 11.9 Å². The summed E-state index contributed by atoms with van der Waals surface area (Å²) in [5.41, 5.74) is 0.952. The number of hydrogen-bond donors (Lipinski definition) is 1. The first kappa shape index (κ1) is 15.1. The molecule has 0 spiro atoms. The second-order valence-corrected chi connectivity index (χ2v) is 5.28. The van der Waals surface area contributed by atoms with Gasteiger partial charge >= 0.3 is 0 Å². The van der Waals surface area contributed by atoms with Gasteiger partial charge in [0.2, 0.25) is 0 Å². The molecule has 0 bridgehead atoms. The van der Waals surface area contributed by atoms with E-state index < -0.39 is 0 Å². The van der Waals surface area contributed by atoms with Gasteiger partial charge < -0.3 is 9.73 Å². The molecule has 20 heavy (non-hydrogen) atoms. The molecule has 1 unspecified atom stereocenters. The Kier molecular flexibility index (Phi) is 5.62. The van der Waals surface area contributed by atoms with Crippen LogP contribution in [0.1, 0.15) is 24.7 Å². The molecule has 1 N–H and O–H groups in total. The second kappa shape index (κ2) is 7.46. The minimum atomic E-state index is -0.303. The number of rotatable bonds is 7. The summed E-state index contributed by atoms with van der Waals surface area (Å²) in [6.45, 7) is 3.06. The van der Waals surface area contributed by atoms with Crippen LogP contribution in [0, 0.1) is 5.82 Å². The molecule has 0 amide bonds. The molecule has 0 aliphatic rings. The van der Waals surface area contributed by atoms with Gasteiger partial charge in [-0.1, -0.05) is 24.6 Å². The number of hydrogen-bond acceptors (Lipinski definition) is 2. The summed E-state index contributed by atoms with van der Waals surface area (Å²) in [6.07, 6.45) is 4.28. The molecular weight excluding hydrogens is 277 g/mol. The lowest BCUT2D eigenvalue weighted by atomic mass is 10.0. The molecule has 0 saturated heterocycles. The molecule has 1 heterocycles. The van der Waals surface area contributed by atoms with E-state index >= 15 is 0 Å². The van der Waals surface area contributed by atoms with Gasteiger partial charge in [-0.2, -0.15) is 0 Å². The first-order valence-corrected chi connectivity index (χ1v) is 7.26. The highest BCUT2D eigenvalue weighted by Gasteiger charge is 2.13. The lowest BCUT2D eigenvalue weighted by Gasteiger charge is -2.18. The minimum absolute atomic E-state index is 0.226. The fourth-order valence-corrected chi connectivity index (χ4v) is 2.43. The van der Waals surface area contributed by atoms with E-state index in [2.05, 4.69) is 12.2 Å². The number of benzene rings is 1. The lowest BCUT2D eigenvalue weighted by Crippen LogP contribution is -2.33. The van der Waals surface area contributed by atoms with Crippen LogP contribution < -0.4 is 5.32 Å². The van der Waals surface area contributed by atoms with Gasteiger partial charge in [-0.3, -0.25) is 0 Å². The molecule has 1 atom stereocenters. The Morgan fingerprint density at radius 3 is 2.80 bits per heavy atom. The highest BCUT2D eigenvalue weighted by molar-refractivity contribution is 6.31. The van der Waals surface area contributed by atoms with E-state index in [4.69, 9.17) is 16.0 Å². The van der Waals surface area contributed by atoms with Crippen molar-refractivity contribution in [3.63, 3.8) is 0 Å². The van der Waals surface area contributed by atoms with Gasteiger partial charge in [-0.15, -0.1) is 0 Å². The maximum Gasteiger partial charge on any atom is 0.124 e. The van der Waals surface area contributed by atoms with Gasteiger partial charge in [0.05, 0.1) is 6.26 Å². The largest absolute Gasteiger partial charge is 0.469 e. The Morgan fingerprint density at radius 2 is 2.15 bits per heavy atom. The third kappa shape index (κ3) is 4.36. The van der Waals surface area contributed by atoms with Crippen LogP contribution in [-0.2, 0) is 12.8 Å². The molecule has 1 aromatic carbocycles. The maximum absolute atomic E-state index is 13.1. The van der Waals surface area contributed by atoms with Crippen LogP contribution in [0.15, 0.2) is 41.0 Å². The van der Waals surface area contributed by atoms with E-state index in [9.17, 15) is 4.39 Å². The van der Waals surface area contributed by atoms with Crippen LogP contribution in [0.25, 0.3) is 0 Å². The summed E-state index contributed by atoms with van der Waals surface area (Å²) in [7, 11) is 0. The Hall–Kier alpha value is -1.32. The third-order valence-electron chi connectivity index (χ3n) is 3.19.